The second kappa shape index (κ2) is 5.58. The van der Waals surface area contributed by atoms with Crippen LogP contribution in [0.1, 0.15) is 59.8 Å². The van der Waals surface area contributed by atoms with Crippen molar-refractivity contribution in [1.82, 2.24) is 0 Å². The van der Waals surface area contributed by atoms with Crippen molar-refractivity contribution >= 4 is 0 Å². The Morgan fingerprint density at radius 1 is 1.08 bits per heavy atom. The highest BCUT2D eigenvalue weighted by atomic mass is 14.7. The average Bonchev–Trinajstić information content (AvgIpc) is 1.96. The van der Waals surface area contributed by atoms with E-state index in [4.69, 9.17) is 5.73 Å². The molecule has 0 radical (unpaired) electrons. The fraction of sp³-hybridized carbons (Fsp3) is 1.00. The van der Waals surface area contributed by atoms with Gasteiger partial charge in [0.25, 0.3) is 0 Å². The molecule has 0 aliphatic carbocycles. The lowest BCUT2D eigenvalue weighted by Crippen LogP contribution is -2.34. The normalized spacial score (nSPS) is 14.8. The molecule has 0 amide bonds. The molecule has 0 aromatic heterocycles. The summed E-state index contributed by atoms with van der Waals surface area (Å²) in [6.45, 7) is 8.90. The number of rotatable bonds is 5. The highest BCUT2D eigenvalue weighted by molar-refractivity contribution is 4.76. The summed E-state index contributed by atoms with van der Waals surface area (Å²) in [5.74, 6) is 0. The van der Waals surface area contributed by atoms with Crippen molar-refractivity contribution in [2.24, 2.45) is 11.1 Å². The van der Waals surface area contributed by atoms with E-state index >= 15 is 0 Å². The van der Waals surface area contributed by atoms with Crippen LogP contribution in [0.2, 0.25) is 0 Å². The van der Waals surface area contributed by atoms with E-state index in [1.807, 2.05) is 0 Å². The zero-order valence-electron chi connectivity index (χ0n) is 9.19. The minimum atomic E-state index is 0.284. The molecule has 74 valence electrons. The van der Waals surface area contributed by atoms with Crippen LogP contribution in [0.15, 0.2) is 0 Å². The molecule has 0 spiro atoms. The van der Waals surface area contributed by atoms with Crippen molar-refractivity contribution in [2.45, 2.75) is 65.8 Å². The molecule has 0 aromatic carbocycles. The van der Waals surface area contributed by atoms with E-state index in [0.717, 1.165) is 0 Å². The molecule has 0 bridgehead atoms. The van der Waals surface area contributed by atoms with Crippen molar-refractivity contribution in [3.63, 3.8) is 0 Å². The zero-order valence-corrected chi connectivity index (χ0v) is 9.19. The van der Waals surface area contributed by atoms with Gasteiger partial charge in [0.05, 0.1) is 0 Å². The van der Waals surface area contributed by atoms with Crippen LogP contribution in [-0.4, -0.2) is 6.04 Å². The largest absolute Gasteiger partial charge is 0.327 e. The molecule has 0 fully saturated rings. The molecular weight excluding hydrogens is 146 g/mol. The van der Waals surface area contributed by atoms with E-state index < -0.39 is 0 Å². The Morgan fingerprint density at radius 2 is 1.67 bits per heavy atom. The first-order valence-corrected chi connectivity index (χ1v) is 5.24. The van der Waals surface area contributed by atoms with Gasteiger partial charge < -0.3 is 5.73 Å². The Kier molecular flexibility index (Phi) is 5.56. The standard InChI is InChI=1S/C11H25N/c1-5-6-7-8-9-10(12)11(2,3)4/h10H,5-9,12H2,1-4H3. The van der Waals surface area contributed by atoms with Gasteiger partial charge in [0.2, 0.25) is 0 Å². The zero-order chi connectivity index (χ0) is 9.61. The quantitative estimate of drug-likeness (QED) is 0.631. The Hall–Kier alpha value is -0.0400. The Balaban J connectivity index is 3.38. The number of hydrogen-bond donors (Lipinski definition) is 1. The third kappa shape index (κ3) is 5.59. The maximum Gasteiger partial charge on any atom is 0.00876 e. The summed E-state index contributed by atoms with van der Waals surface area (Å²) < 4.78 is 0. The van der Waals surface area contributed by atoms with Crippen LogP contribution in [0.25, 0.3) is 0 Å². The molecule has 0 saturated carbocycles. The summed E-state index contributed by atoms with van der Waals surface area (Å²) >= 11 is 0. The molecule has 0 rings (SSSR count). The van der Waals surface area contributed by atoms with Gasteiger partial charge in [-0.05, 0) is 11.8 Å². The lowest BCUT2D eigenvalue weighted by molar-refractivity contribution is 0.298. The number of nitrogens with two attached hydrogens (primary N) is 1. The first kappa shape index (κ1) is 12.0. The Bertz CT molecular complexity index is 102. The van der Waals surface area contributed by atoms with Gasteiger partial charge in [-0.25, -0.2) is 0 Å². The predicted octanol–water partition coefficient (Wildman–Crippen LogP) is 3.33. The molecule has 1 atom stereocenters. The summed E-state index contributed by atoms with van der Waals surface area (Å²) in [7, 11) is 0. The lowest BCUT2D eigenvalue weighted by atomic mass is 9.84. The Labute approximate surface area is 77.7 Å². The van der Waals surface area contributed by atoms with E-state index in [-0.39, 0.29) is 5.41 Å². The minimum Gasteiger partial charge on any atom is -0.327 e. The van der Waals surface area contributed by atoms with Crippen LogP contribution in [0.3, 0.4) is 0 Å². The van der Waals surface area contributed by atoms with E-state index in [9.17, 15) is 0 Å². The second-order valence-electron chi connectivity index (χ2n) is 4.82. The fourth-order valence-corrected chi connectivity index (χ4v) is 1.22. The minimum absolute atomic E-state index is 0.284. The molecule has 1 heteroatoms. The van der Waals surface area contributed by atoms with E-state index in [1.165, 1.54) is 32.1 Å². The van der Waals surface area contributed by atoms with Crippen LogP contribution in [-0.2, 0) is 0 Å². The van der Waals surface area contributed by atoms with Crippen LogP contribution < -0.4 is 5.73 Å². The summed E-state index contributed by atoms with van der Waals surface area (Å²) in [6.07, 6.45) is 6.50. The summed E-state index contributed by atoms with van der Waals surface area (Å²) in [6, 6.07) is 0.370. The van der Waals surface area contributed by atoms with Gasteiger partial charge in [-0.3, -0.25) is 0 Å². The van der Waals surface area contributed by atoms with Crippen LogP contribution in [0.5, 0.6) is 0 Å². The molecular formula is C11H25N. The van der Waals surface area contributed by atoms with Crippen molar-refractivity contribution in [3.05, 3.63) is 0 Å². The van der Waals surface area contributed by atoms with Crippen LogP contribution in [0, 0.1) is 5.41 Å². The second-order valence-corrected chi connectivity index (χ2v) is 4.82. The third-order valence-electron chi connectivity index (χ3n) is 2.48. The molecule has 12 heavy (non-hydrogen) atoms. The van der Waals surface area contributed by atoms with E-state index in [1.54, 1.807) is 0 Å². The van der Waals surface area contributed by atoms with Gasteiger partial charge in [0, 0.05) is 6.04 Å². The smallest absolute Gasteiger partial charge is 0.00876 e. The number of hydrogen-bond acceptors (Lipinski definition) is 1. The molecule has 0 saturated heterocycles. The molecule has 1 nitrogen and oxygen atoms in total. The van der Waals surface area contributed by atoms with Crippen molar-refractivity contribution < 1.29 is 0 Å². The van der Waals surface area contributed by atoms with Gasteiger partial charge in [-0.15, -0.1) is 0 Å². The maximum atomic E-state index is 6.03. The molecule has 0 aliphatic rings. The van der Waals surface area contributed by atoms with E-state index in [0.29, 0.717) is 6.04 Å². The van der Waals surface area contributed by atoms with E-state index in [2.05, 4.69) is 27.7 Å². The maximum absolute atomic E-state index is 6.03. The Morgan fingerprint density at radius 3 is 2.08 bits per heavy atom. The highest BCUT2D eigenvalue weighted by Gasteiger charge is 2.19. The third-order valence-corrected chi connectivity index (χ3v) is 2.48. The van der Waals surface area contributed by atoms with Crippen LogP contribution in [0.4, 0.5) is 0 Å². The predicted molar refractivity (Wildman–Crippen MR) is 56.2 cm³/mol. The monoisotopic (exact) mass is 171 g/mol. The van der Waals surface area contributed by atoms with Gasteiger partial charge in [-0.1, -0.05) is 53.4 Å². The molecule has 0 aromatic rings. The first-order chi connectivity index (χ1) is 5.48. The summed E-state index contributed by atoms with van der Waals surface area (Å²) in [5, 5.41) is 0. The fourth-order valence-electron chi connectivity index (χ4n) is 1.22. The topological polar surface area (TPSA) is 26.0 Å². The molecule has 0 heterocycles. The lowest BCUT2D eigenvalue weighted by Gasteiger charge is -2.26. The van der Waals surface area contributed by atoms with Crippen molar-refractivity contribution in [3.8, 4) is 0 Å². The summed E-state index contributed by atoms with van der Waals surface area (Å²) in [5.41, 5.74) is 6.32. The highest BCUT2D eigenvalue weighted by Crippen LogP contribution is 2.21. The molecule has 1 unspecified atom stereocenters. The average molecular weight is 171 g/mol. The first-order valence-electron chi connectivity index (χ1n) is 5.24. The SMILES string of the molecule is CCCCCCC(N)C(C)(C)C. The van der Waals surface area contributed by atoms with Crippen molar-refractivity contribution in [1.29, 1.82) is 0 Å². The van der Waals surface area contributed by atoms with Gasteiger partial charge in [0.15, 0.2) is 0 Å². The van der Waals surface area contributed by atoms with Gasteiger partial charge in [-0.2, -0.15) is 0 Å². The molecule has 0 aliphatic heterocycles. The summed E-state index contributed by atoms with van der Waals surface area (Å²) in [4.78, 5) is 0. The molecule has 2 N–H and O–H groups in total. The number of unbranched alkanes of at least 4 members (excludes halogenated alkanes) is 3. The van der Waals surface area contributed by atoms with Gasteiger partial charge in [0.1, 0.15) is 0 Å². The van der Waals surface area contributed by atoms with Crippen molar-refractivity contribution in [2.75, 3.05) is 0 Å². The van der Waals surface area contributed by atoms with Crippen LogP contribution >= 0.6 is 0 Å². The van der Waals surface area contributed by atoms with Gasteiger partial charge >= 0.3 is 0 Å².